The summed E-state index contributed by atoms with van der Waals surface area (Å²) in [5.41, 5.74) is 2.89. The predicted octanol–water partition coefficient (Wildman–Crippen LogP) is 3.69. The minimum absolute atomic E-state index is 0.537. The highest BCUT2D eigenvalue weighted by Gasteiger charge is 2.56. The largest absolute Gasteiger partial charge is 0.309 e. The number of hydrogen-bond donors (Lipinski definition) is 1. The molecule has 2 heteroatoms. The second-order valence-electron chi connectivity index (χ2n) is 6.42. The molecule has 3 atom stereocenters. The van der Waals surface area contributed by atoms with Crippen molar-refractivity contribution >= 4 is 5.69 Å². The van der Waals surface area contributed by atoms with Gasteiger partial charge in [0.25, 0.3) is 0 Å². The van der Waals surface area contributed by atoms with Crippen LogP contribution in [0.1, 0.15) is 37.3 Å². The van der Waals surface area contributed by atoms with Crippen LogP contribution in [0.15, 0.2) is 24.3 Å². The van der Waals surface area contributed by atoms with Gasteiger partial charge in [0, 0.05) is 6.04 Å². The second kappa shape index (κ2) is 3.59. The Balaban J connectivity index is 1.59. The minimum Gasteiger partial charge on any atom is -0.309 e. The molecule has 1 aromatic rings. The van der Waals surface area contributed by atoms with Gasteiger partial charge in [-0.3, -0.25) is 0 Å². The van der Waals surface area contributed by atoms with Crippen LogP contribution in [0.2, 0.25) is 0 Å². The Kier molecular flexibility index (Phi) is 2.11. The van der Waals surface area contributed by atoms with Gasteiger partial charge in [0.2, 0.25) is 0 Å². The molecule has 4 rings (SSSR count). The van der Waals surface area contributed by atoms with E-state index in [9.17, 15) is 0 Å². The van der Waals surface area contributed by atoms with Crippen molar-refractivity contribution in [2.24, 2.45) is 17.3 Å². The molecule has 1 heterocycles. The molecule has 18 heavy (non-hydrogen) atoms. The minimum atomic E-state index is 0.537. The molecule has 3 unspecified atom stereocenters. The highest BCUT2D eigenvalue weighted by Crippen LogP contribution is 2.64. The maximum absolute atomic E-state index is 7.01. The van der Waals surface area contributed by atoms with Gasteiger partial charge in [-0.05, 0) is 55.0 Å². The van der Waals surface area contributed by atoms with Crippen LogP contribution < -0.4 is 5.32 Å². The van der Waals surface area contributed by atoms with E-state index in [2.05, 4.69) is 22.3 Å². The van der Waals surface area contributed by atoms with Gasteiger partial charge < -0.3 is 5.32 Å². The van der Waals surface area contributed by atoms with Crippen molar-refractivity contribution in [3.05, 3.63) is 41.2 Å². The van der Waals surface area contributed by atoms with E-state index >= 15 is 0 Å². The number of rotatable bonds is 1. The van der Waals surface area contributed by atoms with Gasteiger partial charge in [0.05, 0.1) is 6.57 Å². The molecule has 2 aliphatic carbocycles. The highest BCUT2D eigenvalue weighted by molar-refractivity contribution is 5.46. The van der Waals surface area contributed by atoms with Crippen molar-refractivity contribution in [2.75, 3.05) is 6.54 Å². The third-order valence-electron chi connectivity index (χ3n) is 5.34. The van der Waals surface area contributed by atoms with Gasteiger partial charge >= 0.3 is 0 Å². The normalized spacial score (nSPS) is 35.4. The van der Waals surface area contributed by atoms with Crippen molar-refractivity contribution in [3.8, 4) is 0 Å². The standard InChI is InChI=1S/C16H18N2/c1-17-13-4-2-11(3-5-13)15-14-9-16(6-7-16)8-12(14)10-18-15/h2-5,12,14-15,18H,6-10H2. The van der Waals surface area contributed by atoms with E-state index in [1.54, 1.807) is 0 Å². The first-order valence-corrected chi connectivity index (χ1v) is 7.01. The Morgan fingerprint density at radius 2 is 1.94 bits per heavy atom. The monoisotopic (exact) mass is 238 g/mol. The number of fused-ring (bicyclic) bond motifs is 1. The fraction of sp³-hybridized carbons (Fsp3) is 0.562. The first-order valence-electron chi connectivity index (χ1n) is 7.01. The molecular weight excluding hydrogens is 220 g/mol. The van der Waals surface area contributed by atoms with Gasteiger partial charge in [0.1, 0.15) is 0 Å². The zero-order valence-electron chi connectivity index (χ0n) is 10.5. The summed E-state index contributed by atoms with van der Waals surface area (Å²) in [7, 11) is 0. The zero-order chi connectivity index (χ0) is 12.2. The van der Waals surface area contributed by atoms with Crippen LogP contribution in [-0.4, -0.2) is 6.54 Å². The lowest BCUT2D eigenvalue weighted by atomic mass is 9.89. The number of hydrogen-bond acceptors (Lipinski definition) is 1. The third kappa shape index (κ3) is 1.51. The number of nitrogens with zero attached hydrogens (tertiary/aromatic N) is 1. The zero-order valence-corrected chi connectivity index (χ0v) is 10.5. The summed E-state index contributed by atoms with van der Waals surface area (Å²) >= 11 is 0. The molecule has 0 bridgehead atoms. The Labute approximate surface area is 108 Å². The van der Waals surface area contributed by atoms with E-state index < -0.39 is 0 Å². The highest BCUT2D eigenvalue weighted by atomic mass is 15.0. The molecule has 3 aliphatic rings. The maximum atomic E-state index is 7.01. The Bertz CT molecular complexity index is 507. The molecule has 1 saturated heterocycles. The van der Waals surface area contributed by atoms with Crippen molar-refractivity contribution in [2.45, 2.75) is 31.7 Å². The van der Waals surface area contributed by atoms with Gasteiger partial charge in [-0.1, -0.05) is 24.3 Å². The third-order valence-corrected chi connectivity index (χ3v) is 5.34. The van der Waals surface area contributed by atoms with E-state index in [1.165, 1.54) is 37.8 Å². The van der Waals surface area contributed by atoms with Crippen LogP contribution in [0.5, 0.6) is 0 Å². The smallest absolute Gasteiger partial charge is 0.187 e. The quantitative estimate of drug-likeness (QED) is 0.738. The topological polar surface area (TPSA) is 16.4 Å². The summed E-state index contributed by atoms with van der Waals surface area (Å²) in [5.74, 6) is 1.74. The summed E-state index contributed by atoms with van der Waals surface area (Å²) in [6.07, 6.45) is 5.84. The van der Waals surface area contributed by atoms with E-state index in [1.807, 2.05) is 12.1 Å². The summed E-state index contributed by atoms with van der Waals surface area (Å²) in [4.78, 5) is 3.47. The lowest BCUT2D eigenvalue weighted by molar-refractivity contribution is 0.403. The van der Waals surface area contributed by atoms with Crippen LogP contribution in [0, 0.1) is 23.8 Å². The van der Waals surface area contributed by atoms with Gasteiger partial charge in [0.15, 0.2) is 5.69 Å². The van der Waals surface area contributed by atoms with Crippen LogP contribution in [-0.2, 0) is 0 Å². The fourth-order valence-electron chi connectivity index (χ4n) is 4.21. The molecule has 1 aliphatic heterocycles. The maximum Gasteiger partial charge on any atom is 0.187 e. The summed E-state index contributed by atoms with van der Waals surface area (Å²) in [6.45, 7) is 8.21. The Morgan fingerprint density at radius 3 is 2.61 bits per heavy atom. The van der Waals surface area contributed by atoms with E-state index in [4.69, 9.17) is 6.57 Å². The summed E-state index contributed by atoms with van der Waals surface area (Å²) in [6, 6.07) is 8.74. The van der Waals surface area contributed by atoms with Crippen molar-refractivity contribution in [3.63, 3.8) is 0 Å². The molecule has 92 valence electrons. The lowest BCUT2D eigenvalue weighted by Crippen LogP contribution is -2.18. The van der Waals surface area contributed by atoms with Crippen LogP contribution in [0.4, 0.5) is 5.69 Å². The Hall–Kier alpha value is -1.33. The first-order chi connectivity index (χ1) is 8.80. The molecule has 0 amide bonds. The van der Waals surface area contributed by atoms with E-state index in [-0.39, 0.29) is 0 Å². The van der Waals surface area contributed by atoms with Crippen LogP contribution in [0.3, 0.4) is 0 Å². The van der Waals surface area contributed by atoms with Crippen molar-refractivity contribution < 1.29 is 0 Å². The molecule has 1 N–H and O–H groups in total. The fourth-order valence-corrected chi connectivity index (χ4v) is 4.21. The number of benzene rings is 1. The average molecular weight is 238 g/mol. The molecular formula is C16H18N2. The molecule has 0 aromatic heterocycles. The molecule has 2 saturated carbocycles. The molecule has 1 spiro atoms. The molecule has 1 aromatic carbocycles. The van der Waals surface area contributed by atoms with Crippen molar-refractivity contribution in [1.29, 1.82) is 0 Å². The molecule has 2 nitrogen and oxygen atoms in total. The van der Waals surface area contributed by atoms with Gasteiger partial charge in [-0.2, -0.15) is 0 Å². The van der Waals surface area contributed by atoms with Crippen LogP contribution >= 0.6 is 0 Å². The van der Waals surface area contributed by atoms with Crippen molar-refractivity contribution in [1.82, 2.24) is 5.32 Å². The lowest BCUT2D eigenvalue weighted by Gasteiger charge is -2.19. The average Bonchev–Trinajstić information content (AvgIpc) is 2.89. The summed E-state index contributed by atoms with van der Waals surface area (Å²) < 4.78 is 0. The van der Waals surface area contributed by atoms with E-state index in [0.29, 0.717) is 6.04 Å². The second-order valence-corrected chi connectivity index (χ2v) is 6.42. The van der Waals surface area contributed by atoms with E-state index in [0.717, 1.165) is 22.9 Å². The molecule has 3 fully saturated rings. The van der Waals surface area contributed by atoms with Gasteiger partial charge in [-0.25, -0.2) is 4.85 Å². The predicted molar refractivity (Wildman–Crippen MR) is 71.3 cm³/mol. The number of nitrogens with one attached hydrogen (secondary N) is 1. The Morgan fingerprint density at radius 1 is 1.17 bits per heavy atom. The van der Waals surface area contributed by atoms with Crippen LogP contribution in [0.25, 0.3) is 4.85 Å². The SMILES string of the molecule is [C-]#[N+]c1ccc(C2NCC3CC4(CC4)CC32)cc1. The summed E-state index contributed by atoms with van der Waals surface area (Å²) in [5, 5.41) is 3.70. The first kappa shape index (κ1) is 10.6. The van der Waals surface area contributed by atoms with Gasteiger partial charge in [-0.15, -0.1) is 0 Å². The molecule has 0 radical (unpaired) electrons.